The lowest BCUT2D eigenvalue weighted by Gasteiger charge is -2.04. The van der Waals surface area contributed by atoms with Gasteiger partial charge in [-0.25, -0.2) is 4.98 Å². The molecule has 3 rings (SSSR count). The monoisotopic (exact) mass is 271 g/mol. The number of rotatable bonds is 2. The number of carbonyl (C=O) groups excluding carboxylic acids is 1. The van der Waals surface area contributed by atoms with E-state index in [9.17, 15) is 9.59 Å². The number of imidazole rings is 1. The number of aliphatic hydroxyl groups is 1. The third-order valence-electron chi connectivity index (χ3n) is 3.36. The molecule has 0 aliphatic heterocycles. The van der Waals surface area contributed by atoms with Crippen LogP contribution in [0.15, 0.2) is 23.0 Å². The lowest BCUT2D eigenvalue weighted by molar-refractivity contribution is 0.0898. The lowest BCUT2D eigenvalue weighted by atomic mass is 10.2. The summed E-state index contributed by atoms with van der Waals surface area (Å²) < 4.78 is 1.66. The van der Waals surface area contributed by atoms with E-state index in [4.69, 9.17) is 5.11 Å². The van der Waals surface area contributed by atoms with Crippen molar-refractivity contribution in [1.29, 1.82) is 0 Å². The summed E-state index contributed by atoms with van der Waals surface area (Å²) in [5.41, 5.74) is 2.98. The van der Waals surface area contributed by atoms with Crippen LogP contribution in [0.25, 0.3) is 16.7 Å². The van der Waals surface area contributed by atoms with Crippen molar-refractivity contribution >= 4 is 22.5 Å². The number of Topliss-reactive ketones (excluding diaryl/α,β-unsaturated/α-hetero) is 1. The van der Waals surface area contributed by atoms with Crippen LogP contribution in [-0.2, 0) is 0 Å². The van der Waals surface area contributed by atoms with E-state index < -0.39 is 12.4 Å². The van der Waals surface area contributed by atoms with E-state index in [1.54, 1.807) is 11.3 Å². The van der Waals surface area contributed by atoms with Crippen molar-refractivity contribution in [2.45, 2.75) is 13.8 Å². The third-order valence-corrected chi connectivity index (χ3v) is 3.36. The number of ketones is 1. The number of aromatic amines is 1. The highest BCUT2D eigenvalue weighted by Gasteiger charge is 2.18. The first kappa shape index (κ1) is 12.6. The molecule has 0 saturated heterocycles. The number of fused-ring (bicyclic) bond motifs is 3. The second kappa shape index (κ2) is 4.28. The molecular weight excluding hydrogens is 258 g/mol. The standard InChI is InChI=1S/C14H13N3O3/c1-7-3-4-9-10(5-7)17-8(2)12(11(19)6-18)16-13(17)14(20)15-9/h3-5,18H,6H2,1-2H3,(H,15,20). The molecule has 3 aromatic rings. The molecule has 20 heavy (non-hydrogen) atoms. The number of aromatic nitrogens is 3. The van der Waals surface area contributed by atoms with Gasteiger partial charge in [-0.1, -0.05) is 6.07 Å². The van der Waals surface area contributed by atoms with Gasteiger partial charge in [-0.3, -0.25) is 14.0 Å². The van der Waals surface area contributed by atoms with Crippen molar-refractivity contribution in [3.63, 3.8) is 0 Å². The van der Waals surface area contributed by atoms with Crippen LogP contribution in [0.5, 0.6) is 0 Å². The number of hydrogen-bond acceptors (Lipinski definition) is 4. The summed E-state index contributed by atoms with van der Waals surface area (Å²) in [4.78, 5) is 30.5. The van der Waals surface area contributed by atoms with Crippen molar-refractivity contribution in [3.05, 3.63) is 45.5 Å². The fourth-order valence-electron chi connectivity index (χ4n) is 2.40. The average Bonchev–Trinajstić information content (AvgIpc) is 2.78. The van der Waals surface area contributed by atoms with E-state index in [0.29, 0.717) is 11.2 Å². The average molecular weight is 271 g/mol. The molecule has 0 bridgehead atoms. The van der Waals surface area contributed by atoms with E-state index in [1.165, 1.54) is 0 Å². The van der Waals surface area contributed by atoms with Crippen LogP contribution in [0.2, 0.25) is 0 Å². The Morgan fingerprint density at radius 2 is 2.15 bits per heavy atom. The molecule has 0 radical (unpaired) electrons. The van der Waals surface area contributed by atoms with E-state index in [1.807, 2.05) is 25.1 Å². The van der Waals surface area contributed by atoms with Gasteiger partial charge in [0.15, 0.2) is 0 Å². The maximum atomic E-state index is 12.0. The summed E-state index contributed by atoms with van der Waals surface area (Å²) in [5.74, 6) is -0.494. The number of nitrogens with zero attached hydrogens (tertiary/aromatic N) is 2. The van der Waals surface area contributed by atoms with Gasteiger partial charge in [-0.15, -0.1) is 0 Å². The fraction of sp³-hybridized carbons (Fsp3) is 0.214. The topological polar surface area (TPSA) is 87.5 Å². The minimum Gasteiger partial charge on any atom is -0.388 e. The molecule has 0 spiro atoms. The van der Waals surface area contributed by atoms with Crippen LogP contribution in [0, 0.1) is 13.8 Å². The molecule has 0 aliphatic carbocycles. The summed E-state index contributed by atoms with van der Waals surface area (Å²) in [5, 5.41) is 8.98. The van der Waals surface area contributed by atoms with E-state index in [2.05, 4.69) is 9.97 Å². The molecule has 0 unspecified atom stereocenters. The molecule has 2 aromatic heterocycles. The molecule has 0 aliphatic rings. The second-order valence-corrected chi connectivity index (χ2v) is 4.76. The van der Waals surface area contributed by atoms with Crippen molar-refractivity contribution in [2.24, 2.45) is 0 Å². The van der Waals surface area contributed by atoms with Gasteiger partial charge in [0.1, 0.15) is 12.3 Å². The first-order chi connectivity index (χ1) is 9.52. The Labute approximate surface area is 113 Å². The van der Waals surface area contributed by atoms with E-state index in [0.717, 1.165) is 11.1 Å². The van der Waals surface area contributed by atoms with Gasteiger partial charge in [0, 0.05) is 0 Å². The highest BCUT2D eigenvalue weighted by Crippen LogP contribution is 2.18. The summed E-state index contributed by atoms with van der Waals surface area (Å²) in [7, 11) is 0. The number of H-pyrrole nitrogens is 1. The summed E-state index contributed by atoms with van der Waals surface area (Å²) in [6.07, 6.45) is 0. The number of aliphatic hydroxyl groups excluding tert-OH is 1. The molecular formula is C14H13N3O3. The van der Waals surface area contributed by atoms with Crippen molar-refractivity contribution in [1.82, 2.24) is 14.4 Å². The Kier molecular flexibility index (Phi) is 2.69. The van der Waals surface area contributed by atoms with Crippen LogP contribution in [0.3, 0.4) is 0 Å². The van der Waals surface area contributed by atoms with Crippen molar-refractivity contribution < 1.29 is 9.90 Å². The summed E-state index contributed by atoms with van der Waals surface area (Å²) in [6, 6.07) is 5.63. The SMILES string of the molecule is Cc1ccc2[nH]c(=O)c3nc(C(=O)CO)c(C)n3c2c1. The second-order valence-electron chi connectivity index (χ2n) is 4.76. The zero-order valence-electron chi connectivity index (χ0n) is 11.1. The largest absolute Gasteiger partial charge is 0.388 e. The molecule has 0 fully saturated rings. The van der Waals surface area contributed by atoms with Crippen LogP contribution >= 0.6 is 0 Å². The van der Waals surface area contributed by atoms with E-state index >= 15 is 0 Å². The van der Waals surface area contributed by atoms with Crippen LogP contribution < -0.4 is 5.56 Å². The number of benzene rings is 1. The molecule has 0 atom stereocenters. The van der Waals surface area contributed by atoms with Gasteiger partial charge in [-0.05, 0) is 31.5 Å². The molecule has 2 N–H and O–H groups in total. The van der Waals surface area contributed by atoms with Crippen LogP contribution in [-0.4, -0.2) is 31.9 Å². The first-order valence-electron chi connectivity index (χ1n) is 6.18. The molecule has 102 valence electrons. The molecule has 0 amide bonds. The highest BCUT2D eigenvalue weighted by atomic mass is 16.3. The first-order valence-corrected chi connectivity index (χ1v) is 6.18. The fourth-order valence-corrected chi connectivity index (χ4v) is 2.40. The highest BCUT2D eigenvalue weighted by molar-refractivity contribution is 5.97. The van der Waals surface area contributed by atoms with Gasteiger partial charge in [0.25, 0.3) is 5.56 Å². The Balaban J connectivity index is 2.54. The lowest BCUT2D eigenvalue weighted by Crippen LogP contribution is -2.11. The molecule has 0 saturated carbocycles. The van der Waals surface area contributed by atoms with Crippen molar-refractivity contribution in [2.75, 3.05) is 6.61 Å². The summed E-state index contributed by atoms with van der Waals surface area (Å²) >= 11 is 0. The Bertz CT molecular complexity index is 905. The summed E-state index contributed by atoms with van der Waals surface area (Å²) in [6.45, 7) is 3.03. The Morgan fingerprint density at radius 3 is 2.85 bits per heavy atom. The van der Waals surface area contributed by atoms with Gasteiger partial charge < -0.3 is 10.1 Å². The quantitative estimate of drug-likeness (QED) is 0.680. The van der Waals surface area contributed by atoms with Gasteiger partial charge >= 0.3 is 0 Å². The number of hydrogen-bond donors (Lipinski definition) is 2. The van der Waals surface area contributed by atoms with Crippen LogP contribution in [0.4, 0.5) is 0 Å². The van der Waals surface area contributed by atoms with Gasteiger partial charge in [-0.2, -0.15) is 0 Å². The predicted molar refractivity (Wildman–Crippen MR) is 74.2 cm³/mol. The smallest absolute Gasteiger partial charge is 0.292 e. The zero-order valence-corrected chi connectivity index (χ0v) is 11.1. The number of nitrogens with one attached hydrogen (secondary N) is 1. The van der Waals surface area contributed by atoms with Crippen molar-refractivity contribution in [3.8, 4) is 0 Å². The Hall–Kier alpha value is -2.47. The van der Waals surface area contributed by atoms with E-state index in [-0.39, 0.29) is 16.9 Å². The molecule has 6 heteroatoms. The number of carbonyl (C=O) groups is 1. The maximum Gasteiger partial charge on any atom is 0.292 e. The normalized spacial score (nSPS) is 11.3. The minimum absolute atomic E-state index is 0.131. The Morgan fingerprint density at radius 1 is 1.40 bits per heavy atom. The molecule has 6 nitrogen and oxygen atoms in total. The molecule has 1 aromatic carbocycles. The minimum atomic E-state index is -0.625. The molecule has 2 heterocycles. The van der Waals surface area contributed by atoms with Crippen LogP contribution in [0.1, 0.15) is 21.7 Å². The van der Waals surface area contributed by atoms with Gasteiger partial charge in [0.2, 0.25) is 11.4 Å². The third kappa shape index (κ3) is 1.65. The van der Waals surface area contributed by atoms with Gasteiger partial charge in [0.05, 0.1) is 16.7 Å². The predicted octanol–water partition coefficient (Wildman–Crippen LogP) is 0.968. The maximum absolute atomic E-state index is 12.0. The number of aryl methyl sites for hydroxylation is 2. The zero-order chi connectivity index (χ0) is 14.4.